The molecule has 1 N–H and O–H groups in total. The molecule has 138 valence electrons. The molecule has 0 unspecified atom stereocenters. The zero-order chi connectivity index (χ0) is 19.6. The van der Waals surface area contributed by atoms with Crippen molar-refractivity contribution in [2.24, 2.45) is 0 Å². The average Bonchev–Trinajstić information content (AvgIpc) is 2.94. The Morgan fingerprint density at radius 1 is 1.19 bits per heavy atom. The van der Waals surface area contributed by atoms with Gasteiger partial charge < -0.3 is 14.6 Å². The minimum atomic E-state index is -1.07. The molecular formula is C19H15NO5S2. The fourth-order valence-corrected chi connectivity index (χ4v) is 3.93. The number of thioether (sulfide) groups is 1. The second-order valence-corrected chi connectivity index (χ2v) is 7.13. The van der Waals surface area contributed by atoms with Crippen LogP contribution >= 0.6 is 24.0 Å². The number of amides is 1. The quantitative estimate of drug-likeness (QED) is 0.603. The summed E-state index contributed by atoms with van der Waals surface area (Å²) in [4.78, 5) is 25.8. The maximum absolute atomic E-state index is 12.9. The number of hydrogen-bond donors (Lipinski definition) is 1. The van der Waals surface area contributed by atoms with Gasteiger partial charge in [0.1, 0.15) is 0 Å². The van der Waals surface area contributed by atoms with E-state index in [-0.39, 0.29) is 11.5 Å². The number of hydrogen-bond acceptors (Lipinski definition) is 6. The van der Waals surface area contributed by atoms with Crippen LogP contribution in [0.5, 0.6) is 11.5 Å². The zero-order valence-corrected chi connectivity index (χ0v) is 16.1. The standard InChI is InChI=1S/C19H15NO5S2/c1-24-14-8-4-5-11(16(14)25-2)10-15-17(21)20(19(26)27-15)13-7-3-6-12(9-13)18(22)23/h3-10H,1-2H3,(H,22,23). The number of benzene rings is 2. The third-order valence-corrected chi connectivity index (χ3v) is 5.17. The van der Waals surface area contributed by atoms with Crippen LogP contribution in [0, 0.1) is 0 Å². The van der Waals surface area contributed by atoms with E-state index < -0.39 is 5.97 Å². The highest BCUT2D eigenvalue weighted by atomic mass is 32.2. The summed E-state index contributed by atoms with van der Waals surface area (Å²) < 4.78 is 11.0. The number of carboxylic acids is 1. The first-order valence-corrected chi connectivity index (χ1v) is 9.01. The van der Waals surface area contributed by atoms with Gasteiger partial charge in [-0.05, 0) is 30.3 Å². The summed E-state index contributed by atoms with van der Waals surface area (Å²) in [5.41, 5.74) is 1.18. The van der Waals surface area contributed by atoms with E-state index in [1.807, 2.05) is 0 Å². The van der Waals surface area contributed by atoms with E-state index in [2.05, 4.69) is 0 Å². The molecule has 0 atom stereocenters. The maximum atomic E-state index is 12.9. The van der Waals surface area contributed by atoms with Gasteiger partial charge in [-0.25, -0.2) is 4.79 Å². The van der Waals surface area contributed by atoms with Crippen molar-refractivity contribution < 1.29 is 24.2 Å². The van der Waals surface area contributed by atoms with E-state index >= 15 is 0 Å². The van der Waals surface area contributed by atoms with Crippen LogP contribution in [0.15, 0.2) is 47.4 Å². The van der Waals surface area contributed by atoms with Crippen molar-refractivity contribution in [3.63, 3.8) is 0 Å². The lowest BCUT2D eigenvalue weighted by atomic mass is 10.1. The highest BCUT2D eigenvalue weighted by Gasteiger charge is 2.33. The summed E-state index contributed by atoms with van der Waals surface area (Å²) in [6.07, 6.45) is 1.68. The lowest BCUT2D eigenvalue weighted by Crippen LogP contribution is -2.27. The van der Waals surface area contributed by atoms with Gasteiger partial charge in [0.15, 0.2) is 15.8 Å². The summed E-state index contributed by atoms with van der Waals surface area (Å²) in [7, 11) is 3.06. The Bertz CT molecular complexity index is 970. The number of carbonyl (C=O) groups excluding carboxylic acids is 1. The average molecular weight is 401 g/mol. The Hall–Kier alpha value is -2.84. The number of anilines is 1. The maximum Gasteiger partial charge on any atom is 0.335 e. The lowest BCUT2D eigenvalue weighted by Gasteiger charge is -2.15. The Balaban J connectivity index is 1.99. The van der Waals surface area contributed by atoms with Crippen LogP contribution in [0.25, 0.3) is 6.08 Å². The van der Waals surface area contributed by atoms with Crippen LogP contribution in [0.1, 0.15) is 15.9 Å². The highest BCUT2D eigenvalue weighted by Crippen LogP contribution is 2.39. The third kappa shape index (κ3) is 3.67. The molecule has 8 heteroatoms. The van der Waals surface area contributed by atoms with Crippen molar-refractivity contribution in [1.29, 1.82) is 0 Å². The SMILES string of the molecule is COc1cccc(C=C2SC(=S)N(c3cccc(C(=O)O)c3)C2=O)c1OC. The van der Waals surface area contributed by atoms with Crippen LogP contribution < -0.4 is 14.4 Å². The first kappa shape index (κ1) is 18.9. The van der Waals surface area contributed by atoms with Crippen molar-refractivity contribution in [3.8, 4) is 11.5 Å². The fraction of sp³-hybridized carbons (Fsp3) is 0.105. The zero-order valence-electron chi connectivity index (χ0n) is 14.5. The summed E-state index contributed by atoms with van der Waals surface area (Å²) in [6, 6.07) is 11.5. The first-order valence-electron chi connectivity index (χ1n) is 7.78. The fourth-order valence-electron chi connectivity index (χ4n) is 2.64. The van der Waals surface area contributed by atoms with Crippen LogP contribution in [0.3, 0.4) is 0 Å². The summed E-state index contributed by atoms with van der Waals surface area (Å²) >= 11 is 6.48. The van der Waals surface area contributed by atoms with Crippen molar-refractivity contribution in [3.05, 3.63) is 58.5 Å². The number of para-hydroxylation sites is 1. The molecule has 0 saturated carbocycles. The van der Waals surface area contributed by atoms with E-state index in [4.69, 9.17) is 26.8 Å². The van der Waals surface area contributed by atoms with E-state index in [0.29, 0.717) is 32.0 Å². The number of carbonyl (C=O) groups is 2. The van der Waals surface area contributed by atoms with Gasteiger partial charge in [0.25, 0.3) is 5.91 Å². The Morgan fingerprint density at radius 2 is 1.93 bits per heavy atom. The van der Waals surface area contributed by atoms with Gasteiger partial charge in [-0.3, -0.25) is 9.69 Å². The van der Waals surface area contributed by atoms with Gasteiger partial charge in [-0.1, -0.05) is 42.2 Å². The van der Waals surface area contributed by atoms with Crippen LogP contribution in [0.4, 0.5) is 5.69 Å². The molecule has 0 aliphatic carbocycles. The van der Waals surface area contributed by atoms with Gasteiger partial charge in [-0.2, -0.15) is 0 Å². The molecule has 1 saturated heterocycles. The van der Waals surface area contributed by atoms with Gasteiger partial charge in [-0.15, -0.1) is 0 Å². The van der Waals surface area contributed by atoms with E-state index in [1.165, 1.54) is 31.3 Å². The molecule has 0 bridgehead atoms. The molecule has 0 spiro atoms. The molecule has 1 heterocycles. The Labute approximate surface area is 165 Å². The molecule has 1 amide bonds. The molecule has 6 nitrogen and oxygen atoms in total. The number of carboxylic acid groups (broad SMARTS) is 1. The predicted octanol–water partition coefficient (Wildman–Crippen LogP) is 3.81. The molecule has 0 aromatic heterocycles. The van der Waals surface area contributed by atoms with Gasteiger partial charge >= 0.3 is 5.97 Å². The Morgan fingerprint density at radius 3 is 2.59 bits per heavy atom. The topological polar surface area (TPSA) is 76.1 Å². The van der Waals surface area contributed by atoms with Gasteiger partial charge in [0, 0.05) is 5.56 Å². The minimum absolute atomic E-state index is 0.0833. The second-order valence-electron chi connectivity index (χ2n) is 5.46. The monoisotopic (exact) mass is 401 g/mol. The van der Waals surface area contributed by atoms with Gasteiger partial charge in [0.05, 0.1) is 30.4 Å². The van der Waals surface area contributed by atoms with Crippen molar-refractivity contribution in [2.45, 2.75) is 0 Å². The van der Waals surface area contributed by atoms with E-state index in [0.717, 1.165) is 11.8 Å². The first-order chi connectivity index (χ1) is 13.0. The summed E-state index contributed by atoms with van der Waals surface area (Å²) in [6.45, 7) is 0. The minimum Gasteiger partial charge on any atom is -0.493 e. The molecular weight excluding hydrogens is 386 g/mol. The number of rotatable bonds is 5. The molecule has 0 radical (unpaired) electrons. The van der Waals surface area contributed by atoms with Gasteiger partial charge in [0.2, 0.25) is 0 Å². The number of methoxy groups -OCH3 is 2. The smallest absolute Gasteiger partial charge is 0.335 e. The van der Waals surface area contributed by atoms with Crippen LogP contribution in [-0.2, 0) is 4.79 Å². The van der Waals surface area contributed by atoms with Crippen LogP contribution in [0.2, 0.25) is 0 Å². The van der Waals surface area contributed by atoms with E-state index in [9.17, 15) is 9.59 Å². The molecule has 1 aliphatic heterocycles. The van der Waals surface area contributed by atoms with Crippen molar-refractivity contribution in [2.75, 3.05) is 19.1 Å². The molecule has 2 aromatic carbocycles. The number of nitrogens with zero attached hydrogens (tertiary/aromatic N) is 1. The van der Waals surface area contributed by atoms with E-state index in [1.54, 1.807) is 36.4 Å². The number of aromatic carboxylic acids is 1. The predicted molar refractivity (Wildman–Crippen MR) is 109 cm³/mol. The number of ether oxygens (including phenoxy) is 2. The third-order valence-electron chi connectivity index (χ3n) is 3.87. The summed E-state index contributed by atoms with van der Waals surface area (Å²) in [5.74, 6) is -0.328. The normalized spacial score (nSPS) is 15.3. The molecule has 1 fully saturated rings. The van der Waals surface area contributed by atoms with Crippen molar-refractivity contribution >= 4 is 51.9 Å². The second kappa shape index (κ2) is 7.81. The molecule has 1 aliphatic rings. The molecule has 27 heavy (non-hydrogen) atoms. The number of thiocarbonyl (C=S) groups is 1. The Kier molecular flexibility index (Phi) is 5.48. The van der Waals surface area contributed by atoms with Crippen molar-refractivity contribution in [1.82, 2.24) is 0 Å². The summed E-state index contributed by atoms with van der Waals surface area (Å²) in [5, 5.41) is 9.16. The molecule has 3 rings (SSSR count). The largest absolute Gasteiger partial charge is 0.493 e. The highest BCUT2D eigenvalue weighted by molar-refractivity contribution is 8.27. The van der Waals surface area contributed by atoms with Crippen LogP contribution in [-0.4, -0.2) is 35.5 Å². The molecule has 2 aromatic rings. The lowest BCUT2D eigenvalue weighted by molar-refractivity contribution is -0.113.